The summed E-state index contributed by atoms with van der Waals surface area (Å²) >= 11 is 0. The standard InChI is InChI=1S/C55H107N2O7P/c1-7-10-13-16-19-22-25-27-28-29-30-33-35-38-41-44-47-54(58)56-52(51-63-65(60,61)62-50-49-57(4,5)6)53(46-43-40-37-34-32-26-23-20-17-14-11-8-2)64-55(59)48-45-42-39-36-31-24-21-18-15-12-9-3/h18,21,43,46,52-53H,7-17,19-20,22-42,44-45,47-51H2,1-6H3,(H-,56,58,60,61)/p+1/b21-18-,46-43+. The van der Waals surface area contributed by atoms with Crippen LogP contribution in [0.25, 0.3) is 0 Å². The van der Waals surface area contributed by atoms with Gasteiger partial charge in [-0.1, -0.05) is 225 Å². The molecule has 3 atom stereocenters. The van der Waals surface area contributed by atoms with E-state index in [0.29, 0.717) is 17.4 Å². The van der Waals surface area contributed by atoms with E-state index in [1.165, 1.54) is 148 Å². The topological polar surface area (TPSA) is 111 Å². The molecule has 0 spiro atoms. The van der Waals surface area contributed by atoms with Crippen molar-refractivity contribution in [2.24, 2.45) is 0 Å². The lowest BCUT2D eigenvalue weighted by Gasteiger charge is -2.27. The number of quaternary nitrogens is 1. The molecule has 384 valence electrons. The second-order valence-corrected chi connectivity index (χ2v) is 21.6. The van der Waals surface area contributed by atoms with Crippen molar-refractivity contribution in [2.45, 2.75) is 277 Å². The Morgan fingerprint density at radius 2 is 0.908 bits per heavy atom. The highest BCUT2D eigenvalue weighted by atomic mass is 31.2. The van der Waals surface area contributed by atoms with Gasteiger partial charge in [0.1, 0.15) is 19.3 Å². The molecule has 0 fully saturated rings. The Labute approximate surface area is 403 Å². The molecule has 0 radical (unpaired) electrons. The van der Waals surface area contributed by atoms with Crippen molar-refractivity contribution in [3.05, 3.63) is 24.3 Å². The highest BCUT2D eigenvalue weighted by Crippen LogP contribution is 2.43. The van der Waals surface area contributed by atoms with E-state index in [1.807, 2.05) is 33.3 Å². The van der Waals surface area contributed by atoms with E-state index in [1.54, 1.807) is 0 Å². The van der Waals surface area contributed by atoms with Crippen molar-refractivity contribution in [1.29, 1.82) is 0 Å². The molecule has 1 amide bonds. The average molecular weight is 940 g/mol. The summed E-state index contributed by atoms with van der Waals surface area (Å²) in [4.78, 5) is 37.4. The van der Waals surface area contributed by atoms with Crippen LogP contribution in [0.3, 0.4) is 0 Å². The third-order valence-electron chi connectivity index (χ3n) is 12.4. The molecule has 0 rings (SSSR count). The van der Waals surface area contributed by atoms with Crippen LogP contribution in [-0.2, 0) is 27.9 Å². The van der Waals surface area contributed by atoms with Crippen LogP contribution in [-0.4, -0.2) is 74.3 Å². The predicted molar refractivity (Wildman–Crippen MR) is 277 cm³/mol. The molecule has 0 bridgehead atoms. The number of phosphoric acid groups is 1. The summed E-state index contributed by atoms with van der Waals surface area (Å²) < 4.78 is 30.5. The number of amides is 1. The van der Waals surface area contributed by atoms with Crippen LogP contribution in [0.4, 0.5) is 0 Å². The number of unbranched alkanes of at least 4 members (excludes halogenated alkanes) is 32. The molecule has 65 heavy (non-hydrogen) atoms. The third-order valence-corrected chi connectivity index (χ3v) is 13.4. The Morgan fingerprint density at radius 1 is 0.523 bits per heavy atom. The van der Waals surface area contributed by atoms with Gasteiger partial charge in [-0.05, 0) is 51.0 Å². The number of allylic oxidation sites excluding steroid dienone is 3. The Hall–Kier alpha value is -1.51. The summed E-state index contributed by atoms with van der Waals surface area (Å²) in [6.07, 6.45) is 51.7. The first-order chi connectivity index (χ1) is 31.4. The highest BCUT2D eigenvalue weighted by molar-refractivity contribution is 7.47. The van der Waals surface area contributed by atoms with Crippen molar-refractivity contribution in [1.82, 2.24) is 5.32 Å². The van der Waals surface area contributed by atoms with Gasteiger partial charge >= 0.3 is 13.8 Å². The molecule has 0 saturated heterocycles. The number of rotatable bonds is 50. The summed E-state index contributed by atoms with van der Waals surface area (Å²) in [5.41, 5.74) is 0. The maximum Gasteiger partial charge on any atom is 0.472 e. The second-order valence-electron chi connectivity index (χ2n) is 20.1. The molecule has 0 aliphatic carbocycles. The van der Waals surface area contributed by atoms with Crippen LogP contribution < -0.4 is 5.32 Å². The fourth-order valence-corrected chi connectivity index (χ4v) is 8.77. The summed E-state index contributed by atoms with van der Waals surface area (Å²) in [5, 5.41) is 3.04. The van der Waals surface area contributed by atoms with E-state index in [0.717, 1.165) is 83.5 Å². The molecule has 0 aromatic rings. The van der Waals surface area contributed by atoms with E-state index in [2.05, 4.69) is 38.2 Å². The quantitative estimate of drug-likeness (QED) is 0.0205. The zero-order chi connectivity index (χ0) is 48.0. The second kappa shape index (κ2) is 46.2. The fourth-order valence-electron chi connectivity index (χ4n) is 8.04. The maximum absolute atomic E-state index is 13.5. The summed E-state index contributed by atoms with van der Waals surface area (Å²) in [5.74, 6) is -0.507. The normalized spacial score (nSPS) is 14.0. The zero-order valence-corrected chi connectivity index (χ0v) is 44.6. The summed E-state index contributed by atoms with van der Waals surface area (Å²) in [6, 6.07) is -0.843. The van der Waals surface area contributed by atoms with Crippen molar-refractivity contribution in [3.8, 4) is 0 Å². The van der Waals surface area contributed by atoms with Gasteiger partial charge < -0.3 is 19.4 Å². The first-order valence-corrected chi connectivity index (χ1v) is 29.2. The van der Waals surface area contributed by atoms with Gasteiger partial charge in [-0.2, -0.15) is 0 Å². The monoisotopic (exact) mass is 940 g/mol. The number of carbonyl (C=O) groups excluding carboxylic acids is 2. The van der Waals surface area contributed by atoms with Gasteiger partial charge in [-0.25, -0.2) is 4.57 Å². The van der Waals surface area contributed by atoms with Crippen LogP contribution in [0, 0.1) is 0 Å². The average Bonchev–Trinajstić information content (AvgIpc) is 3.26. The molecular weight excluding hydrogens is 832 g/mol. The Balaban J connectivity index is 5.34. The number of nitrogens with one attached hydrogen (secondary N) is 1. The van der Waals surface area contributed by atoms with Crippen molar-refractivity contribution in [3.63, 3.8) is 0 Å². The number of carbonyl (C=O) groups is 2. The van der Waals surface area contributed by atoms with E-state index in [9.17, 15) is 19.0 Å². The van der Waals surface area contributed by atoms with E-state index < -0.39 is 20.0 Å². The molecule has 0 aliphatic heterocycles. The van der Waals surface area contributed by atoms with Crippen LogP contribution in [0.15, 0.2) is 24.3 Å². The van der Waals surface area contributed by atoms with Crippen LogP contribution in [0.1, 0.15) is 265 Å². The van der Waals surface area contributed by atoms with Crippen molar-refractivity contribution in [2.75, 3.05) is 40.9 Å². The zero-order valence-electron chi connectivity index (χ0n) is 43.7. The molecule has 9 nitrogen and oxygen atoms in total. The Bertz CT molecular complexity index is 1170. The van der Waals surface area contributed by atoms with Crippen LogP contribution in [0.5, 0.6) is 0 Å². The van der Waals surface area contributed by atoms with E-state index in [-0.39, 0.29) is 31.5 Å². The molecule has 2 N–H and O–H groups in total. The number of phosphoric ester groups is 1. The highest BCUT2D eigenvalue weighted by Gasteiger charge is 2.30. The Morgan fingerprint density at radius 3 is 1.35 bits per heavy atom. The minimum absolute atomic E-state index is 0.0421. The van der Waals surface area contributed by atoms with Gasteiger partial charge in [0.15, 0.2) is 0 Å². The third kappa shape index (κ3) is 47.4. The maximum atomic E-state index is 13.5. The predicted octanol–water partition coefficient (Wildman–Crippen LogP) is 16.2. The van der Waals surface area contributed by atoms with Gasteiger partial charge in [0, 0.05) is 12.8 Å². The van der Waals surface area contributed by atoms with Gasteiger partial charge in [0.05, 0.1) is 33.8 Å². The van der Waals surface area contributed by atoms with Gasteiger partial charge in [-0.15, -0.1) is 0 Å². The van der Waals surface area contributed by atoms with E-state index in [4.69, 9.17) is 13.8 Å². The van der Waals surface area contributed by atoms with Crippen molar-refractivity contribution < 1.29 is 37.3 Å². The van der Waals surface area contributed by atoms with Gasteiger partial charge in [0.25, 0.3) is 0 Å². The SMILES string of the molecule is CCCC/C=C\CCCCCCCC(=O)OC(/C=C/CCCCCCCCCCCC)C(COP(=O)(O)OCC[N+](C)(C)C)NC(=O)CCCCCCCCCCCCCCCCCC. The minimum Gasteiger partial charge on any atom is -0.456 e. The van der Waals surface area contributed by atoms with Gasteiger partial charge in [0.2, 0.25) is 5.91 Å². The molecule has 3 unspecified atom stereocenters. The Kier molecular flexibility index (Phi) is 45.2. The van der Waals surface area contributed by atoms with Crippen LogP contribution >= 0.6 is 7.82 Å². The number of hydrogen-bond acceptors (Lipinski definition) is 6. The number of esters is 1. The smallest absolute Gasteiger partial charge is 0.456 e. The molecule has 0 heterocycles. The molecule has 10 heteroatoms. The molecule has 0 aromatic heterocycles. The lowest BCUT2D eigenvalue weighted by atomic mass is 10.0. The number of likely N-dealkylation sites (N-methyl/N-ethyl adjacent to an activating group) is 1. The number of ether oxygens (including phenoxy) is 1. The van der Waals surface area contributed by atoms with Crippen LogP contribution in [0.2, 0.25) is 0 Å². The molecule has 0 aromatic carbocycles. The largest absolute Gasteiger partial charge is 0.472 e. The van der Waals surface area contributed by atoms with E-state index >= 15 is 0 Å². The lowest BCUT2D eigenvalue weighted by molar-refractivity contribution is -0.870. The number of hydrogen-bond donors (Lipinski definition) is 2. The number of nitrogens with zero attached hydrogens (tertiary/aromatic N) is 1. The lowest BCUT2D eigenvalue weighted by Crippen LogP contribution is -2.47. The first-order valence-electron chi connectivity index (χ1n) is 27.7. The minimum atomic E-state index is -4.43. The first kappa shape index (κ1) is 63.5. The summed E-state index contributed by atoms with van der Waals surface area (Å²) in [7, 11) is 1.50. The van der Waals surface area contributed by atoms with Gasteiger partial charge in [-0.3, -0.25) is 18.6 Å². The summed E-state index contributed by atoms with van der Waals surface area (Å²) in [6.45, 7) is 6.98. The molecule has 0 saturated carbocycles. The fraction of sp³-hybridized carbons (Fsp3) is 0.891. The van der Waals surface area contributed by atoms with Crippen molar-refractivity contribution >= 4 is 19.7 Å². The molecular formula is C55H108N2O7P+. The molecule has 0 aliphatic rings.